The number of anilines is 2. The molecule has 42 heavy (non-hydrogen) atoms. The van der Waals surface area contributed by atoms with Crippen LogP contribution in [0, 0.1) is 5.92 Å². The molecule has 1 aliphatic heterocycles. The summed E-state index contributed by atoms with van der Waals surface area (Å²) in [5.74, 6) is 0.0126. The number of carbonyl (C=O) groups is 2. The van der Waals surface area contributed by atoms with E-state index in [2.05, 4.69) is 10.0 Å². The van der Waals surface area contributed by atoms with E-state index in [1.807, 2.05) is 6.92 Å². The average Bonchev–Trinajstić information content (AvgIpc) is 2.99. The number of aliphatic hydroxyl groups is 1. The molecule has 0 aromatic heterocycles. The van der Waals surface area contributed by atoms with Crippen LogP contribution >= 0.6 is 0 Å². The lowest BCUT2D eigenvalue weighted by Crippen LogP contribution is -2.50. The van der Waals surface area contributed by atoms with Gasteiger partial charge in [0.15, 0.2) is 5.75 Å². The highest BCUT2D eigenvalue weighted by Gasteiger charge is 2.35. The van der Waals surface area contributed by atoms with Crippen molar-refractivity contribution in [2.24, 2.45) is 5.92 Å². The van der Waals surface area contributed by atoms with Gasteiger partial charge in [0.25, 0.3) is 15.9 Å². The number of nitrogens with one attached hydrogen (secondary N) is 2. The highest BCUT2D eigenvalue weighted by molar-refractivity contribution is 7.92. The number of ether oxygens (including phenoxy) is 2. The summed E-state index contributed by atoms with van der Waals surface area (Å²) in [6.45, 7) is 3.73. The van der Waals surface area contributed by atoms with Crippen molar-refractivity contribution in [1.82, 2.24) is 9.80 Å². The predicted molar refractivity (Wildman–Crippen MR) is 159 cm³/mol. The van der Waals surface area contributed by atoms with Gasteiger partial charge in [-0.1, -0.05) is 31.2 Å². The van der Waals surface area contributed by atoms with E-state index >= 15 is 0 Å². The van der Waals surface area contributed by atoms with E-state index in [0.29, 0.717) is 11.4 Å². The minimum absolute atomic E-state index is 0.0511. The second-order valence-electron chi connectivity index (χ2n) is 10.3. The molecular weight excluding hydrogens is 560 g/mol. The number of hydrogen-bond donors (Lipinski definition) is 3. The number of benzene rings is 3. The Morgan fingerprint density at radius 3 is 2.45 bits per heavy atom. The summed E-state index contributed by atoms with van der Waals surface area (Å²) in [6.07, 6.45) is -0.640. The zero-order valence-corrected chi connectivity index (χ0v) is 24.8. The smallest absolute Gasteiger partial charge is 0.321 e. The SMILES string of the molecule is COc1ccc(NC(=O)N(C)C[C@@H]2Oc3c(NS(=O)(=O)c4ccccc4)cccc3C(=O)N([C@@H](C)CO)C[C@@H]2C)cc1. The molecule has 0 spiro atoms. The lowest BCUT2D eigenvalue weighted by Gasteiger charge is -2.38. The number of likely N-dealkylation sites (N-methyl/N-ethyl adjacent to an activating group) is 1. The monoisotopic (exact) mass is 596 g/mol. The Kier molecular flexibility index (Phi) is 9.59. The Hall–Kier alpha value is -4.29. The highest BCUT2D eigenvalue weighted by atomic mass is 32.2. The molecule has 3 aromatic carbocycles. The number of rotatable bonds is 9. The number of amides is 3. The van der Waals surface area contributed by atoms with Crippen molar-refractivity contribution in [2.45, 2.75) is 30.9 Å². The molecule has 0 radical (unpaired) electrons. The molecule has 3 atom stereocenters. The minimum atomic E-state index is -4.01. The topological polar surface area (TPSA) is 138 Å². The van der Waals surface area contributed by atoms with Crippen LogP contribution in [0.5, 0.6) is 11.5 Å². The fourth-order valence-corrected chi connectivity index (χ4v) is 5.67. The summed E-state index contributed by atoms with van der Waals surface area (Å²) < 4.78 is 40.6. The van der Waals surface area contributed by atoms with Gasteiger partial charge < -0.3 is 29.7 Å². The molecule has 0 saturated carbocycles. The van der Waals surface area contributed by atoms with Crippen LogP contribution in [0.25, 0.3) is 0 Å². The molecule has 3 aromatic rings. The van der Waals surface area contributed by atoms with Crippen LogP contribution in [0.3, 0.4) is 0 Å². The summed E-state index contributed by atoms with van der Waals surface area (Å²) >= 11 is 0. The number of para-hydroxylation sites is 1. The first-order valence-corrected chi connectivity index (χ1v) is 15.0. The molecular formula is C30H36N4O7S. The number of fused-ring (bicyclic) bond motifs is 1. The van der Waals surface area contributed by atoms with Crippen LogP contribution in [0.4, 0.5) is 16.2 Å². The quantitative estimate of drug-likeness (QED) is 0.341. The van der Waals surface area contributed by atoms with E-state index in [9.17, 15) is 23.1 Å². The fraction of sp³-hybridized carbons (Fsp3) is 0.333. The maximum atomic E-state index is 13.7. The van der Waals surface area contributed by atoms with E-state index in [1.165, 1.54) is 23.1 Å². The summed E-state index contributed by atoms with van der Waals surface area (Å²) in [6, 6.07) is 18.5. The Bertz CT molecular complexity index is 1500. The van der Waals surface area contributed by atoms with Crippen LogP contribution in [-0.4, -0.2) is 81.3 Å². The first kappa shape index (κ1) is 30.7. The van der Waals surface area contributed by atoms with Gasteiger partial charge in [-0.15, -0.1) is 0 Å². The van der Waals surface area contributed by atoms with E-state index in [4.69, 9.17) is 9.47 Å². The van der Waals surface area contributed by atoms with Gasteiger partial charge in [0.1, 0.15) is 11.9 Å². The summed E-state index contributed by atoms with van der Waals surface area (Å²) in [5.41, 5.74) is 0.812. The molecule has 3 N–H and O–H groups in total. The van der Waals surface area contributed by atoms with Gasteiger partial charge in [-0.25, -0.2) is 13.2 Å². The molecule has 3 amide bonds. The maximum Gasteiger partial charge on any atom is 0.321 e. The lowest BCUT2D eigenvalue weighted by molar-refractivity contribution is 0.0373. The molecule has 1 heterocycles. The lowest BCUT2D eigenvalue weighted by atomic mass is 9.99. The second-order valence-corrected chi connectivity index (χ2v) is 11.9. The Morgan fingerprint density at radius 2 is 1.81 bits per heavy atom. The van der Waals surface area contributed by atoms with Crippen LogP contribution in [0.2, 0.25) is 0 Å². The Morgan fingerprint density at radius 1 is 1.12 bits per heavy atom. The normalized spacial score (nSPS) is 17.6. The van der Waals surface area contributed by atoms with Crippen molar-refractivity contribution in [3.63, 3.8) is 0 Å². The van der Waals surface area contributed by atoms with Crippen molar-refractivity contribution in [1.29, 1.82) is 0 Å². The summed E-state index contributed by atoms with van der Waals surface area (Å²) in [5, 5.41) is 12.7. The largest absolute Gasteiger partial charge is 0.497 e. The molecule has 1 aliphatic rings. The fourth-order valence-electron chi connectivity index (χ4n) is 4.59. The van der Waals surface area contributed by atoms with E-state index in [1.54, 1.807) is 80.6 Å². The van der Waals surface area contributed by atoms with Crippen molar-refractivity contribution in [2.75, 3.05) is 43.9 Å². The van der Waals surface area contributed by atoms with Gasteiger partial charge in [0, 0.05) is 25.2 Å². The van der Waals surface area contributed by atoms with E-state index in [0.717, 1.165) is 0 Å². The number of carbonyl (C=O) groups excluding carboxylic acids is 2. The summed E-state index contributed by atoms with van der Waals surface area (Å²) in [4.78, 5) is 29.8. The zero-order chi connectivity index (χ0) is 30.4. The summed E-state index contributed by atoms with van der Waals surface area (Å²) in [7, 11) is -0.823. The third-order valence-electron chi connectivity index (χ3n) is 7.13. The average molecular weight is 597 g/mol. The highest BCUT2D eigenvalue weighted by Crippen LogP contribution is 2.36. The van der Waals surface area contributed by atoms with Gasteiger partial charge >= 0.3 is 6.03 Å². The minimum Gasteiger partial charge on any atom is -0.497 e. The molecule has 0 unspecified atom stereocenters. The zero-order valence-electron chi connectivity index (χ0n) is 24.0. The standard InChI is InChI=1S/C30H36N4O7S/c1-20-17-34(21(2)19-35)29(36)25-11-8-12-26(32-42(38,39)24-9-6-5-7-10-24)28(25)41-27(20)18-33(3)30(37)31-22-13-15-23(40-4)16-14-22/h5-16,20-21,27,32,35H,17-19H2,1-4H3,(H,31,37)/t20-,21-,27-/m0/s1. The molecule has 11 nitrogen and oxygen atoms in total. The Labute approximate surface area is 246 Å². The number of nitrogens with zero attached hydrogens (tertiary/aromatic N) is 2. The van der Waals surface area contributed by atoms with Crippen LogP contribution in [0.15, 0.2) is 77.7 Å². The molecule has 0 saturated heterocycles. The first-order chi connectivity index (χ1) is 20.0. The van der Waals surface area contributed by atoms with Gasteiger partial charge in [0.2, 0.25) is 0 Å². The van der Waals surface area contributed by atoms with E-state index < -0.39 is 28.1 Å². The van der Waals surface area contributed by atoms with Crippen molar-refractivity contribution >= 4 is 33.3 Å². The molecule has 0 fully saturated rings. The predicted octanol–water partition coefficient (Wildman–Crippen LogP) is 3.88. The van der Waals surface area contributed by atoms with Crippen LogP contribution in [0.1, 0.15) is 24.2 Å². The number of methoxy groups -OCH3 is 1. The first-order valence-electron chi connectivity index (χ1n) is 13.5. The van der Waals surface area contributed by atoms with Crippen LogP contribution in [-0.2, 0) is 10.0 Å². The molecule has 224 valence electrons. The van der Waals surface area contributed by atoms with Crippen LogP contribution < -0.4 is 19.5 Å². The third kappa shape index (κ3) is 6.94. The molecule has 4 rings (SSSR count). The Balaban J connectivity index is 1.66. The van der Waals surface area contributed by atoms with Gasteiger partial charge in [-0.05, 0) is 55.5 Å². The van der Waals surface area contributed by atoms with Crippen molar-refractivity contribution in [3.8, 4) is 11.5 Å². The third-order valence-corrected chi connectivity index (χ3v) is 8.51. The second kappa shape index (κ2) is 13.1. The molecule has 0 aliphatic carbocycles. The van der Waals surface area contributed by atoms with Crippen molar-refractivity contribution in [3.05, 3.63) is 78.4 Å². The number of sulfonamides is 1. The number of urea groups is 1. The van der Waals surface area contributed by atoms with Crippen molar-refractivity contribution < 1.29 is 32.6 Å². The molecule has 12 heteroatoms. The van der Waals surface area contributed by atoms with Gasteiger partial charge in [-0.3, -0.25) is 9.52 Å². The van der Waals surface area contributed by atoms with Gasteiger partial charge in [-0.2, -0.15) is 0 Å². The maximum absolute atomic E-state index is 13.7. The van der Waals surface area contributed by atoms with E-state index in [-0.39, 0.29) is 53.5 Å². The van der Waals surface area contributed by atoms with Gasteiger partial charge in [0.05, 0.1) is 42.4 Å². The number of aliphatic hydroxyl groups excluding tert-OH is 1. The molecule has 0 bridgehead atoms. The number of hydrogen-bond acceptors (Lipinski definition) is 7.